The lowest BCUT2D eigenvalue weighted by atomic mass is 9.85. The molecule has 360 valence electrons. The molecule has 1 rings (SSSR count). The largest absolute Gasteiger partial charge is 0.472 e. The van der Waals surface area contributed by atoms with Crippen LogP contribution in [0.5, 0.6) is 0 Å². The molecule has 0 bridgehead atoms. The molecule has 6 N–H and O–H groups in total. The van der Waals surface area contributed by atoms with Crippen molar-refractivity contribution in [3.63, 3.8) is 0 Å². The van der Waals surface area contributed by atoms with Crippen molar-refractivity contribution in [2.45, 2.75) is 230 Å². The lowest BCUT2D eigenvalue weighted by Crippen LogP contribution is -2.64. The summed E-state index contributed by atoms with van der Waals surface area (Å²) in [6.45, 7) is 3.25. The van der Waals surface area contributed by atoms with E-state index in [4.69, 9.17) is 18.5 Å². The Labute approximate surface area is 373 Å². The maximum absolute atomic E-state index is 12.8. The number of hydrogen-bond donors (Lipinski definition) is 6. The molecule has 1 fully saturated rings. The van der Waals surface area contributed by atoms with E-state index in [2.05, 4.69) is 62.5 Å². The van der Waals surface area contributed by atoms with Gasteiger partial charge in [0.1, 0.15) is 43.2 Å². The van der Waals surface area contributed by atoms with Crippen molar-refractivity contribution in [2.24, 2.45) is 0 Å². The molecule has 62 heavy (non-hydrogen) atoms. The Morgan fingerprint density at radius 3 is 1.37 bits per heavy atom. The van der Waals surface area contributed by atoms with Crippen LogP contribution in [0.3, 0.4) is 0 Å². The Balaban J connectivity index is 2.46. The minimum Gasteiger partial charge on any atom is -0.462 e. The summed E-state index contributed by atoms with van der Waals surface area (Å²) < 4.78 is 33.5. The molecule has 1 aliphatic carbocycles. The highest BCUT2D eigenvalue weighted by Gasteiger charge is 2.51. The van der Waals surface area contributed by atoms with E-state index in [9.17, 15) is 44.6 Å². The highest BCUT2D eigenvalue weighted by atomic mass is 31.2. The number of allylic oxidation sites excluding steroid dienone is 8. The summed E-state index contributed by atoms with van der Waals surface area (Å²) in [5, 5.41) is 50.2. The van der Waals surface area contributed by atoms with Crippen LogP contribution in [0.25, 0.3) is 0 Å². The number of esters is 2. The maximum atomic E-state index is 12.8. The summed E-state index contributed by atoms with van der Waals surface area (Å²) in [6, 6.07) is 0. The molecule has 0 saturated heterocycles. The van der Waals surface area contributed by atoms with Gasteiger partial charge in [-0.1, -0.05) is 146 Å². The minimum absolute atomic E-state index is 0.0794. The molecule has 0 aliphatic heterocycles. The fourth-order valence-corrected chi connectivity index (χ4v) is 7.97. The van der Waals surface area contributed by atoms with Crippen LogP contribution in [0.15, 0.2) is 48.6 Å². The number of phosphoric acid groups is 1. The Bertz CT molecular complexity index is 1270. The third-order valence-electron chi connectivity index (χ3n) is 10.9. The fraction of sp³-hybridized carbons (Fsp3) is 0.792. The molecule has 0 amide bonds. The van der Waals surface area contributed by atoms with Gasteiger partial charge in [0.05, 0.1) is 6.61 Å². The van der Waals surface area contributed by atoms with Gasteiger partial charge in [-0.3, -0.25) is 18.6 Å². The smallest absolute Gasteiger partial charge is 0.462 e. The SMILES string of the molecule is CCCCC/C=C\C/C=C\C/C=C\CCCCCCCCC(=O)OC(COC(=O)CCCCCCC/C=C\CCCCCCC)COP(=O)(O)OC1C(O)C(O)C(O)C(O)C1O. The number of hydrogen-bond acceptors (Lipinski definition) is 12. The third-order valence-corrected chi connectivity index (χ3v) is 11.9. The highest BCUT2D eigenvalue weighted by molar-refractivity contribution is 7.47. The molecule has 1 aliphatic rings. The molecule has 0 spiro atoms. The van der Waals surface area contributed by atoms with Crippen molar-refractivity contribution in [2.75, 3.05) is 13.2 Å². The van der Waals surface area contributed by atoms with Crippen LogP contribution in [0.2, 0.25) is 0 Å². The first kappa shape index (κ1) is 57.8. The zero-order valence-corrected chi connectivity index (χ0v) is 39.0. The summed E-state index contributed by atoms with van der Waals surface area (Å²) in [7, 11) is -5.13. The second-order valence-electron chi connectivity index (χ2n) is 16.6. The first-order chi connectivity index (χ1) is 29.9. The van der Waals surface area contributed by atoms with E-state index >= 15 is 0 Å². The Kier molecular flexibility index (Phi) is 35.5. The van der Waals surface area contributed by atoms with Crippen LogP contribution >= 0.6 is 7.82 Å². The van der Waals surface area contributed by atoms with Gasteiger partial charge in [-0.25, -0.2) is 4.57 Å². The normalized spacial score (nSPS) is 22.3. The van der Waals surface area contributed by atoms with Gasteiger partial charge < -0.3 is 39.9 Å². The standard InChI is InChI=1S/C48H85O13P/c1-3-5-7-9-11-13-15-17-19-20-21-22-23-25-27-29-31-33-35-37-42(50)60-40(39-59-62(56,57)61-48-46(54)44(52)43(51)45(53)47(48)55)38-58-41(49)36-34-32-30-28-26-24-18-16-14-12-10-8-6-4-2/h11,13,16-19,21-22,40,43-48,51-55H,3-10,12,14-15,20,23-39H2,1-2H3,(H,56,57)/b13-11-,18-16-,19-17-,22-21-. The summed E-state index contributed by atoms with van der Waals surface area (Å²) in [4.78, 5) is 35.7. The van der Waals surface area contributed by atoms with Gasteiger partial charge in [-0.05, 0) is 77.0 Å². The maximum Gasteiger partial charge on any atom is 0.472 e. The molecule has 13 nitrogen and oxygen atoms in total. The summed E-state index contributed by atoms with van der Waals surface area (Å²) in [6.07, 6.45) is 31.5. The molecule has 0 aromatic rings. The Hall–Kier alpha value is -2.19. The van der Waals surface area contributed by atoms with Gasteiger partial charge >= 0.3 is 19.8 Å². The molecule has 0 heterocycles. The predicted molar refractivity (Wildman–Crippen MR) is 244 cm³/mol. The fourth-order valence-electron chi connectivity index (χ4n) is 6.99. The number of carbonyl (C=O) groups excluding carboxylic acids is 2. The Morgan fingerprint density at radius 2 is 0.871 bits per heavy atom. The molecule has 6 atom stereocenters. The van der Waals surface area contributed by atoms with Gasteiger partial charge in [0.15, 0.2) is 6.10 Å². The van der Waals surface area contributed by atoms with Crippen LogP contribution in [0, 0.1) is 0 Å². The van der Waals surface area contributed by atoms with Gasteiger partial charge in [0.2, 0.25) is 0 Å². The number of carbonyl (C=O) groups is 2. The predicted octanol–water partition coefficient (Wildman–Crippen LogP) is 9.56. The highest BCUT2D eigenvalue weighted by Crippen LogP contribution is 2.47. The second-order valence-corrected chi connectivity index (χ2v) is 18.0. The average Bonchev–Trinajstić information content (AvgIpc) is 3.25. The van der Waals surface area contributed by atoms with Gasteiger partial charge in [-0.2, -0.15) is 0 Å². The van der Waals surface area contributed by atoms with Crippen molar-refractivity contribution >= 4 is 19.8 Å². The van der Waals surface area contributed by atoms with E-state index in [0.717, 1.165) is 96.3 Å². The lowest BCUT2D eigenvalue weighted by molar-refractivity contribution is -0.220. The summed E-state index contributed by atoms with van der Waals surface area (Å²) in [5.41, 5.74) is 0. The van der Waals surface area contributed by atoms with E-state index in [1.807, 2.05) is 0 Å². The summed E-state index contributed by atoms with van der Waals surface area (Å²) >= 11 is 0. The van der Waals surface area contributed by atoms with E-state index < -0.39 is 75.7 Å². The molecular formula is C48H85O13P. The van der Waals surface area contributed by atoms with E-state index in [1.165, 1.54) is 51.4 Å². The number of aliphatic hydroxyl groups excluding tert-OH is 5. The Morgan fingerprint density at radius 1 is 0.500 bits per heavy atom. The molecule has 1 saturated carbocycles. The third kappa shape index (κ3) is 30.0. The van der Waals surface area contributed by atoms with Gasteiger partial charge in [0, 0.05) is 12.8 Å². The van der Waals surface area contributed by atoms with Crippen LogP contribution in [0.1, 0.15) is 187 Å². The number of ether oxygens (including phenoxy) is 2. The molecule has 0 aromatic carbocycles. The van der Waals surface area contributed by atoms with E-state index in [1.54, 1.807) is 0 Å². The van der Waals surface area contributed by atoms with Crippen LogP contribution < -0.4 is 0 Å². The molecule has 6 unspecified atom stereocenters. The number of unbranched alkanes of at least 4 members (excludes halogenated alkanes) is 19. The topological polar surface area (TPSA) is 210 Å². The average molecular weight is 901 g/mol. The van der Waals surface area contributed by atoms with E-state index in [0.29, 0.717) is 12.8 Å². The van der Waals surface area contributed by atoms with Crippen LogP contribution in [-0.2, 0) is 32.7 Å². The van der Waals surface area contributed by atoms with Gasteiger partial charge in [0.25, 0.3) is 0 Å². The minimum atomic E-state index is -5.13. The first-order valence-corrected chi connectivity index (χ1v) is 25.4. The van der Waals surface area contributed by atoms with Gasteiger partial charge in [-0.15, -0.1) is 0 Å². The second kappa shape index (κ2) is 38.1. The van der Waals surface area contributed by atoms with Crippen molar-refractivity contribution in [3.05, 3.63) is 48.6 Å². The zero-order chi connectivity index (χ0) is 45.7. The van der Waals surface area contributed by atoms with Crippen molar-refractivity contribution in [1.82, 2.24) is 0 Å². The molecule has 0 aromatic heterocycles. The van der Waals surface area contributed by atoms with Crippen LogP contribution in [0.4, 0.5) is 0 Å². The number of rotatable bonds is 39. The number of phosphoric ester groups is 1. The summed E-state index contributed by atoms with van der Waals surface area (Å²) in [5.74, 6) is -1.12. The monoisotopic (exact) mass is 901 g/mol. The molecule has 0 radical (unpaired) electrons. The lowest BCUT2D eigenvalue weighted by Gasteiger charge is -2.41. The zero-order valence-electron chi connectivity index (χ0n) is 38.2. The van der Waals surface area contributed by atoms with Crippen LogP contribution in [-0.4, -0.2) is 98.3 Å². The van der Waals surface area contributed by atoms with Crippen molar-refractivity contribution in [3.8, 4) is 0 Å². The first-order valence-electron chi connectivity index (χ1n) is 23.9. The molecular weight excluding hydrogens is 815 g/mol. The number of aliphatic hydroxyl groups is 5. The van der Waals surface area contributed by atoms with Crippen molar-refractivity contribution < 1.29 is 63.1 Å². The van der Waals surface area contributed by atoms with Crippen molar-refractivity contribution in [1.29, 1.82) is 0 Å². The molecule has 14 heteroatoms. The quantitative estimate of drug-likeness (QED) is 0.0147. The van der Waals surface area contributed by atoms with E-state index in [-0.39, 0.29) is 12.8 Å².